The summed E-state index contributed by atoms with van der Waals surface area (Å²) in [7, 11) is 0. The summed E-state index contributed by atoms with van der Waals surface area (Å²) in [6.45, 7) is 5.10. The zero-order valence-corrected chi connectivity index (χ0v) is 9.85. The predicted octanol–water partition coefficient (Wildman–Crippen LogP) is 0.690. The van der Waals surface area contributed by atoms with Gasteiger partial charge in [-0.15, -0.1) is 0 Å². The number of imidazole rings is 1. The van der Waals surface area contributed by atoms with E-state index in [1.165, 1.54) is 5.56 Å². The number of rotatable bonds is 3. The van der Waals surface area contributed by atoms with E-state index in [9.17, 15) is 0 Å². The smallest absolute Gasteiger partial charge is 0.177 e. The lowest BCUT2D eigenvalue weighted by molar-refractivity contribution is 0.0482. The molecule has 0 spiro atoms. The minimum absolute atomic E-state index is 0.297. The summed E-state index contributed by atoms with van der Waals surface area (Å²) >= 11 is 0. The van der Waals surface area contributed by atoms with Gasteiger partial charge in [0.1, 0.15) is 5.82 Å². The highest BCUT2D eigenvalue weighted by molar-refractivity contribution is 5.74. The fourth-order valence-electron chi connectivity index (χ4n) is 2.37. The van der Waals surface area contributed by atoms with Crippen molar-refractivity contribution in [3.63, 3.8) is 0 Å². The molecule has 1 aliphatic rings. The van der Waals surface area contributed by atoms with Gasteiger partial charge in [-0.25, -0.2) is 9.97 Å². The summed E-state index contributed by atoms with van der Waals surface area (Å²) < 4.78 is 0. The second-order valence-electron chi connectivity index (χ2n) is 4.73. The standard InChI is InChI=1S/C12H16N4O/c1-8-14-11-10(2-3-13-12(11)15-8)6-16-4-9(5-16)7-17/h2-3,9,17H,4-7H2,1H3,(H,13,14,15). The normalized spacial score (nSPS) is 17.5. The first kappa shape index (κ1) is 10.7. The minimum atomic E-state index is 0.297. The summed E-state index contributed by atoms with van der Waals surface area (Å²) in [6, 6.07) is 2.03. The number of nitrogens with one attached hydrogen (secondary N) is 1. The Morgan fingerprint density at radius 3 is 3.12 bits per heavy atom. The van der Waals surface area contributed by atoms with E-state index in [0.29, 0.717) is 12.5 Å². The van der Waals surface area contributed by atoms with Crippen molar-refractivity contribution in [2.24, 2.45) is 5.92 Å². The zero-order chi connectivity index (χ0) is 11.8. The third-order valence-corrected chi connectivity index (χ3v) is 3.28. The molecule has 5 nitrogen and oxygen atoms in total. The van der Waals surface area contributed by atoms with Crippen LogP contribution in [0.25, 0.3) is 11.2 Å². The first-order valence-corrected chi connectivity index (χ1v) is 5.89. The molecule has 1 saturated heterocycles. The van der Waals surface area contributed by atoms with E-state index < -0.39 is 0 Å². The number of pyridine rings is 1. The number of aromatic nitrogens is 3. The molecule has 3 heterocycles. The van der Waals surface area contributed by atoms with Gasteiger partial charge < -0.3 is 10.1 Å². The van der Waals surface area contributed by atoms with Gasteiger partial charge in [-0.3, -0.25) is 4.90 Å². The molecule has 2 aromatic rings. The number of likely N-dealkylation sites (tertiary alicyclic amines) is 1. The third kappa shape index (κ3) is 1.92. The van der Waals surface area contributed by atoms with Crippen LogP contribution in [0, 0.1) is 12.8 Å². The molecule has 0 aliphatic carbocycles. The zero-order valence-electron chi connectivity index (χ0n) is 9.85. The van der Waals surface area contributed by atoms with E-state index in [4.69, 9.17) is 5.11 Å². The Hall–Kier alpha value is -1.46. The molecule has 1 fully saturated rings. The molecule has 0 bridgehead atoms. The summed E-state index contributed by atoms with van der Waals surface area (Å²) in [5.41, 5.74) is 3.06. The highest BCUT2D eigenvalue weighted by Crippen LogP contribution is 2.21. The van der Waals surface area contributed by atoms with Crippen molar-refractivity contribution in [2.75, 3.05) is 19.7 Å². The molecule has 2 N–H and O–H groups in total. The lowest BCUT2D eigenvalue weighted by Crippen LogP contribution is -2.47. The second-order valence-corrected chi connectivity index (χ2v) is 4.73. The molecular formula is C12H16N4O. The molecule has 2 aromatic heterocycles. The van der Waals surface area contributed by atoms with Gasteiger partial charge in [-0.1, -0.05) is 0 Å². The number of aliphatic hydroxyl groups is 1. The maximum atomic E-state index is 8.99. The summed E-state index contributed by atoms with van der Waals surface area (Å²) in [5.74, 6) is 1.35. The Morgan fingerprint density at radius 2 is 2.35 bits per heavy atom. The van der Waals surface area contributed by atoms with Gasteiger partial charge in [0.2, 0.25) is 0 Å². The van der Waals surface area contributed by atoms with E-state index in [0.717, 1.165) is 36.6 Å². The molecule has 0 radical (unpaired) electrons. The summed E-state index contributed by atoms with van der Waals surface area (Å²) in [5, 5.41) is 8.99. The van der Waals surface area contributed by atoms with E-state index >= 15 is 0 Å². The van der Waals surface area contributed by atoms with Crippen molar-refractivity contribution >= 4 is 11.2 Å². The monoisotopic (exact) mass is 232 g/mol. The molecule has 90 valence electrons. The quantitative estimate of drug-likeness (QED) is 0.817. The Bertz CT molecular complexity index is 530. The number of hydrogen-bond acceptors (Lipinski definition) is 4. The van der Waals surface area contributed by atoms with Gasteiger partial charge in [0.25, 0.3) is 0 Å². The minimum Gasteiger partial charge on any atom is -0.396 e. The number of fused-ring (bicyclic) bond motifs is 1. The van der Waals surface area contributed by atoms with E-state index in [1.807, 2.05) is 13.0 Å². The van der Waals surface area contributed by atoms with Crippen molar-refractivity contribution in [3.05, 3.63) is 23.7 Å². The van der Waals surface area contributed by atoms with Crippen LogP contribution in [-0.2, 0) is 6.54 Å². The van der Waals surface area contributed by atoms with Crippen LogP contribution < -0.4 is 0 Å². The molecule has 5 heteroatoms. The van der Waals surface area contributed by atoms with Crippen molar-refractivity contribution in [3.8, 4) is 0 Å². The highest BCUT2D eigenvalue weighted by atomic mass is 16.3. The van der Waals surface area contributed by atoms with Crippen LogP contribution in [-0.4, -0.2) is 44.7 Å². The van der Waals surface area contributed by atoms with Crippen LogP contribution in [0.4, 0.5) is 0 Å². The Balaban J connectivity index is 1.81. The van der Waals surface area contributed by atoms with Gasteiger partial charge in [0.15, 0.2) is 5.65 Å². The predicted molar refractivity (Wildman–Crippen MR) is 64.5 cm³/mol. The van der Waals surface area contributed by atoms with Crippen molar-refractivity contribution < 1.29 is 5.11 Å². The van der Waals surface area contributed by atoms with Crippen LogP contribution in [0.15, 0.2) is 12.3 Å². The van der Waals surface area contributed by atoms with Gasteiger partial charge in [-0.05, 0) is 18.6 Å². The van der Waals surface area contributed by atoms with E-state index in [-0.39, 0.29) is 0 Å². The molecule has 1 aliphatic heterocycles. The lowest BCUT2D eigenvalue weighted by atomic mass is 10.0. The maximum Gasteiger partial charge on any atom is 0.177 e. The lowest BCUT2D eigenvalue weighted by Gasteiger charge is -2.38. The Kier molecular flexibility index (Phi) is 2.57. The third-order valence-electron chi connectivity index (χ3n) is 3.28. The van der Waals surface area contributed by atoms with Crippen LogP contribution >= 0.6 is 0 Å². The average molecular weight is 232 g/mol. The molecule has 0 atom stereocenters. The van der Waals surface area contributed by atoms with Crippen molar-refractivity contribution in [1.29, 1.82) is 0 Å². The first-order chi connectivity index (χ1) is 8.26. The van der Waals surface area contributed by atoms with Crippen LogP contribution in [0.5, 0.6) is 0 Å². The van der Waals surface area contributed by atoms with Gasteiger partial charge >= 0.3 is 0 Å². The highest BCUT2D eigenvalue weighted by Gasteiger charge is 2.26. The first-order valence-electron chi connectivity index (χ1n) is 5.89. The molecule has 0 amide bonds. The summed E-state index contributed by atoms with van der Waals surface area (Å²) in [6.07, 6.45) is 1.81. The SMILES string of the molecule is Cc1nc2nccc(CN3CC(CO)C3)c2[nH]1. The fourth-order valence-corrected chi connectivity index (χ4v) is 2.37. The van der Waals surface area contributed by atoms with Gasteiger partial charge in [0.05, 0.1) is 5.52 Å². The van der Waals surface area contributed by atoms with Crippen LogP contribution in [0.2, 0.25) is 0 Å². The molecule has 0 aromatic carbocycles. The molecular weight excluding hydrogens is 216 g/mol. The number of aryl methyl sites for hydroxylation is 1. The number of H-pyrrole nitrogens is 1. The largest absolute Gasteiger partial charge is 0.396 e. The maximum absolute atomic E-state index is 8.99. The summed E-state index contributed by atoms with van der Waals surface area (Å²) in [4.78, 5) is 14.2. The van der Waals surface area contributed by atoms with Crippen molar-refractivity contribution in [2.45, 2.75) is 13.5 Å². The Morgan fingerprint density at radius 1 is 1.53 bits per heavy atom. The second kappa shape index (κ2) is 4.09. The van der Waals surface area contributed by atoms with E-state index in [2.05, 4.69) is 19.9 Å². The topological polar surface area (TPSA) is 65.0 Å². The molecule has 3 rings (SSSR count). The molecule has 0 saturated carbocycles. The van der Waals surface area contributed by atoms with Gasteiger partial charge in [-0.2, -0.15) is 0 Å². The van der Waals surface area contributed by atoms with Crippen molar-refractivity contribution in [1.82, 2.24) is 19.9 Å². The average Bonchev–Trinajstić information content (AvgIpc) is 2.63. The fraction of sp³-hybridized carbons (Fsp3) is 0.500. The molecule has 17 heavy (non-hydrogen) atoms. The number of nitrogens with zero attached hydrogens (tertiary/aromatic N) is 3. The van der Waals surface area contributed by atoms with Gasteiger partial charge in [0, 0.05) is 38.4 Å². The number of hydrogen-bond donors (Lipinski definition) is 2. The Labute approximate surface area is 99.5 Å². The van der Waals surface area contributed by atoms with E-state index in [1.54, 1.807) is 6.20 Å². The van der Waals surface area contributed by atoms with Crippen LogP contribution in [0.1, 0.15) is 11.4 Å². The van der Waals surface area contributed by atoms with Crippen LogP contribution in [0.3, 0.4) is 0 Å². The molecule has 0 unspecified atom stereocenters. The number of aliphatic hydroxyl groups excluding tert-OH is 1. The number of aromatic amines is 1.